The Bertz CT molecular complexity index is 1290. The molecule has 4 nitrogen and oxygen atoms in total. The Hall–Kier alpha value is -3.53. The summed E-state index contributed by atoms with van der Waals surface area (Å²) in [5.74, 6) is 1.17. The van der Waals surface area contributed by atoms with Crippen LogP contribution in [0.4, 0.5) is 5.69 Å². The minimum Gasteiger partial charge on any atom is -0.462 e. The van der Waals surface area contributed by atoms with Gasteiger partial charge >= 0.3 is 5.97 Å². The Morgan fingerprint density at radius 1 is 1.00 bits per heavy atom. The molecule has 0 bridgehead atoms. The Morgan fingerprint density at radius 2 is 1.77 bits per heavy atom. The van der Waals surface area contributed by atoms with Crippen LogP contribution in [0.5, 0.6) is 11.5 Å². The van der Waals surface area contributed by atoms with Gasteiger partial charge < -0.3 is 14.8 Å². The highest BCUT2D eigenvalue weighted by molar-refractivity contribution is 5.99. The van der Waals surface area contributed by atoms with Crippen molar-refractivity contribution in [3.05, 3.63) is 86.8 Å². The molecule has 0 aliphatic carbocycles. The summed E-state index contributed by atoms with van der Waals surface area (Å²) < 4.78 is 11.7. The van der Waals surface area contributed by atoms with Crippen molar-refractivity contribution in [1.29, 1.82) is 0 Å². The summed E-state index contributed by atoms with van der Waals surface area (Å²) in [4.78, 5) is 12.8. The van der Waals surface area contributed by atoms with Crippen LogP contribution >= 0.6 is 0 Å². The molecule has 0 radical (unpaired) electrons. The summed E-state index contributed by atoms with van der Waals surface area (Å²) >= 11 is 0. The Labute approximate surface area is 182 Å². The van der Waals surface area contributed by atoms with Gasteiger partial charge in [0.2, 0.25) is 0 Å². The molecule has 1 aliphatic rings. The van der Waals surface area contributed by atoms with Gasteiger partial charge in [0, 0.05) is 34.7 Å². The lowest BCUT2D eigenvalue weighted by molar-refractivity contribution is 0.0526. The highest BCUT2D eigenvalue weighted by Gasteiger charge is 2.25. The molecule has 31 heavy (non-hydrogen) atoms. The molecule has 0 fully saturated rings. The van der Waals surface area contributed by atoms with Crippen molar-refractivity contribution < 1.29 is 14.3 Å². The number of aryl methyl sites for hydroxylation is 2. The van der Waals surface area contributed by atoms with E-state index >= 15 is 0 Å². The normalized spacial score (nSPS) is 11.9. The molecule has 3 aromatic rings. The van der Waals surface area contributed by atoms with Gasteiger partial charge in [-0.05, 0) is 73.9 Å². The molecular formula is C27H27NO3. The maximum Gasteiger partial charge on any atom is 0.338 e. The molecule has 4 heteroatoms. The highest BCUT2D eigenvalue weighted by atomic mass is 16.5. The minimum absolute atomic E-state index is 0.327. The maximum absolute atomic E-state index is 12.8. The summed E-state index contributed by atoms with van der Waals surface area (Å²) in [6.45, 7) is 13.3. The molecule has 4 rings (SSSR count). The van der Waals surface area contributed by atoms with Crippen LogP contribution in [0.3, 0.4) is 0 Å². The molecular weight excluding hydrogens is 386 g/mol. The van der Waals surface area contributed by atoms with E-state index in [-0.39, 0.29) is 5.97 Å². The average Bonchev–Trinajstić information content (AvgIpc) is 2.75. The zero-order chi connectivity index (χ0) is 22.1. The third-order valence-electron chi connectivity index (χ3n) is 5.58. The second kappa shape index (κ2) is 8.31. The Morgan fingerprint density at radius 3 is 2.52 bits per heavy atom. The van der Waals surface area contributed by atoms with Gasteiger partial charge in [-0.3, -0.25) is 0 Å². The average molecular weight is 414 g/mol. The topological polar surface area (TPSA) is 47.6 Å². The second-order valence-corrected chi connectivity index (χ2v) is 7.71. The van der Waals surface area contributed by atoms with Crippen molar-refractivity contribution in [2.45, 2.75) is 27.7 Å². The van der Waals surface area contributed by atoms with Crippen molar-refractivity contribution in [2.75, 3.05) is 18.5 Å². The van der Waals surface area contributed by atoms with Crippen molar-refractivity contribution in [3.63, 3.8) is 0 Å². The summed E-state index contributed by atoms with van der Waals surface area (Å²) in [7, 11) is 0. The van der Waals surface area contributed by atoms with Gasteiger partial charge in [-0.1, -0.05) is 24.8 Å². The zero-order valence-electron chi connectivity index (χ0n) is 18.5. The molecule has 0 saturated heterocycles. The van der Waals surface area contributed by atoms with E-state index in [1.54, 1.807) is 0 Å². The van der Waals surface area contributed by atoms with Crippen LogP contribution in [-0.2, 0) is 4.74 Å². The van der Waals surface area contributed by atoms with Crippen LogP contribution in [0.1, 0.15) is 46.5 Å². The van der Waals surface area contributed by atoms with Gasteiger partial charge in [-0.15, -0.1) is 0 Å². The zero-order valence-corrected chi connectivity index (χ0v) is 18.5. The lowest BCUT2D eigenvalue weighted by Gasteiger charge is -2.24. The summed E-state index contributed by atoms with van der Waals surface area (Å²) in [6.07, 6.45) is 0. The number of esters is 1. The van der Waals surface area contributed by atoms with Crippen molar-refractivity contribution in [2.24, 2.45) is 0 Å². The first kappa shape index (κ1) is 20.7. The van der Waals surface area contributed by atoms with Crippen LogP contribution in [-0.4, -0.2) is 19.1 Å². The number of nitrogens with one attached hydrogen (secondary N) is 1. The molecule has 158 valence electrons. The van der Waals surface area contributed by atoms with Crippen molar-refractivity contribution >= 4 is 23.8 Å². The molecule has 0 unspecified atom stereocenters. The third kappa shape index (κ3) is 3.70. The lowest BCUT2D eigenvalue weighted by atomic mass is 9.88. The number of ether oxygens (including phenoxy) is 2. The highest BCUT2D eigenvalue weighted by Crippen LogP contribution is 2.40. The fourth-order valence-corrected chi connectivity index (χ4v) is 4.00. The fraction of sp³-hybridized carbons (Fsp3) is 0.222. The van der Waals surface area contributed by atoms with E-state index < -0.39 is 0 Å². The van der Waals surface area contributed by atoms with Crippen molar-refractivity contribution in [3.8, 4) is 11.5 Å². The first-order chi connectivity index (χ1) is 14.9. The van der Waals surface area contributed by atoms with Crippen LogP contribution in [0.15, 0.2) is 48.5 Å². The Kier molecular flexibility index (Phi) is 5.55. The number of carbonyl (C=O) groups is 1. The summed E-state index contributed by atoms with van der Waals surface area (Å²) in [5.41, 5.74) is 6.52. The summed E-state index contributed by atoms with van der Waals surface area (Å²) in [5, 5.41) is 5.26. The van der Waals surface area contributed by atoms with E-state index in [0.717, 1.165) is 62.0 Å². The third-order valence-corrected chi connectivity index (χ3v) is 5.58. The molecule has 0 aromatic heterocycles. The largest absolute Gasteiger partial charge is 0.462 e. The molecule has 0 saturated carbocycles. The number of fused-ring (bicyclic) bond motifs is 2. The number of rotatable bonds is 5. The number of hydrogen-bond acceptors (Lipinski definition) is 4. The monoisotopic (exact) mass is 413 g/mol. The Balaban J connectivity index is 2.09. The van der Waals surface area contributed by atoms with Gasteiger partial charge in [0.1, 0.15) is 11.5 Å². The fourth-order valence-electron chi connectivity index (χ4n) is 4.00. The van der Waals surface area contributed by atoms with Crippen LogP contribution in [0, 0.1) is 13.8 Å². The number of hydrogen-bond donors (Lipinski definition) is 1. The first-order valence-electron chi connectivity index (χ1n) is 10.6. The van der Waals surface area contributed by atoms with Gasteiger partial charge in [0.15, 0.2) is 0 Å². The molecule has 0 spiro atoms. The van der Waals surface area contributed by atoms with Gasteiger partial charge in [-0.25, -0.2) is 4.79 Å². The number of anilines is 1. The van der Waals surface area contributed by atoms with Gasteiger partial charge in [-0.2, -0.15) is 0 Å². The van der Waals surface area contributed by atoms with Crippen molar-refractivity contribution in [1.82, 2.24) is 0 Å². The van der Waals surface area contributed by atoms with E-state index in [9.17, 15) is 4.79 Å². The second-order valence-electron chi connectivity index (χ2n) is 7.71. The predicted octanol–water partition coefficient (Wildman–Crippen LogP) is 4.68. The summed E-state index contributed by atoms with van der Waals surface area (Å²) in [6, 6.07) is 15.8. The predicted molar refractivity (Wildman–Crippen MR) is 125 cm³/mol. The SMILES string of the molecule is C=c1cc2c(cc1C)=C(c1ccccc1C(=O)OCC)c1cc(C)c(NCC)cc1O2. The molecule has 1 N–H and O–H groups in total. The quantitative estimate of drug-likeness (QED) is 0.483. The van der Waals surface area contributed by atoms with Crippen LogP contribution in [0.25, 0.3) is 12.2 Å². The molecule has 0 atom stereocenters. The van der Waals surface area contributed by atoms with E-state index in [0.29, 0.717) is 12.2 Å². The van der Waals surface area contributed by atoms with E-state index in [4.69, 9.17) is 9.47 Å². The smallest absolute Gasteiger partial charge is 0.338 e. The van der Waals surface area contributed by atoms with Crippen LogP contribution in [0.2, 0.25) is 0 Å². The standard InChI is InChI=1S/C27H27NO3/c1-6-28-23-15-25-22(13-18(23)5)26(21-12-16(3)17(4)14-24(21)31-25)19-10-8-9-11-20(19)27(29)30-7-2/h8-15,28H,4,6-7H2,1-3,5H3. The van der Waals surface area contributed by atoms with Gasteiger partial charge in [0.05, 0.1) is 12.2 Å². The number of benzene rings is 3. The van der Waals surface area contributed by atoms with E-state index in [1.807, 2.05) is 50.2 Å². The van der Waals surface area contributed by atoms with Crippen LogP contribution < -0.4 is 20.5 Å². The van der Waals surface area contributed by atoms with Gasteiger partial charge in [0.25, 0.3) is 0 Å². The minimum atomic E-state index is -0.327. The number of carbonyl (C=O) groups excluding carboxylic acids is 1. The molecule has 3 aromatic carbocycles. The molecule has 0 amide bonds. The van der Waals surface area contributed by atoms with E-state index in [1.165, 1.54) is 0 Å². The lowest BCUT2D eigenvalue weighted by Crippen LogP contribution is -2.23. The molecule has 1 aliphatic heterocycles. The molecule has 1 heterocycles. The first-order valence-corrected chi connectivity index (χ1v) is 10.6. The van der Waals surface area contributed by atoms with E-state index in [2.05, 4.69) is 37.9 Å². The maximum atomic E-state index is 12.8.